The van der Waals surface area contributed by atoms with Crippen LogP contribution in [0.3, 0.4) is 0 Å². The average Bonchev–Trinajstić information content (AvgIpc) is 2.98. The fourth-order valence-electron chi connectivity index (χ4n) is 3.25. The van der Waals surface area contributed by atoms with Crippen LogP contribution in [0.15, 0.2) is 12.1 Å². The highest BCUT2D eigenvalue weighted by molar-refractivity contribution is 6.31. The number of hydrogen-bond donors (Lipinski definition) is 1. The van der Waals surface area contributed by atoms with Gasteiger partial charge in [-0.15, -0.1) is 0 Å². The molecule has 7 heteroatoms. The van der Waals surface area contributed by atoms with E-state index in [0.717, 1.165) is 38.4 Å². The molecule has 0 amide bonds. The maximum atomic E-state index is 13.4. The highest BCUT2D eigenvalue weighted by atomic mass is 35.5. The lowest BCUT2D eigenvalue weighted by molar-refractivity contribution is -0.384. The minimum absolute atomic E-state index is 0.0978. The topological polar surface area (TPSA) is 58.4 Å². The van der Waals surface area contributed by atoms with Crippen LogP contribution < -0.4 is 5.32 Å². The van der Waals surface area contributed by atoms with Gasteiger partial charge in [0, 0.05) is 18.6 Å². The minimum Gasteiger partial charge on any atom is -0.375 e. The molecule has 0 aromatic heterocycles. The van der Waals surface area contributed by atoms with Crippen LogP contribution in [-0.4, -0.2) is 35.0 Å². The monoisotopic (exact) mass is 299 g/mol. The highest BCUT2D eigenvalue weighted by Gasteiger charge is 2.37. The van der Waals surface area contributed by atoms with Crippen molar-refractivity contribution in [2.24, 2.45) is 0 Å². The molecule has 2 aliphatic heterocycles. The van der Waals surface area contributed by atoms with Gasteiger partial charge in [0.1, 0.15) is 11.5 Å². The summed E-state index contributed by atoms with van der Waals surface area (Å²) >= 11 is 5.74. The number of nitrogens with one attached hydrogen (secondary N) is 1. The predicted molar refractivity (Wildman–Crippen MR) is 74.7 cm³/mol. The molecular formula is C13H15ClFN3O2. The third kappa shape index (κ3) is 2.33. The maximum absolute atomic E-state index is 13.4. The molecule has 0 aliphatic carbocycles. The quantitative estimate of drug-likeness (QED) is 0.688. The Hall–Kier alpha value is -1.40. The first-order valence-electron chi connectivity index (χ1n) is 6.70. The smallest absolute Gasteiger partial charge is 0.295 e. The van der Waals surface area contributed by atoms with Crippen LogP contribution in [0.5, 0.6) is 0 Å². The van der Waals surface area contributed by atoms with Gasteiger partial charge in [0.15, 0.2) is 0 Å². The van der Waals surface area contributed by atoms with Crippen LogP contribution in [-0.2, 0) is 0 Å². The van der Waals surface area contributed by atoms with Gasteiger partial charge in [-0.05, 0) is 31.9 Å². The van der Waals surface area contributed by atoms with E-state index in [-0.39, 0.29) is 16.8 Å². The zero-order valence-corrected chi connectivity index (χ0v) is 11.6. The van der Waals surface area contributed by atoms with Crippen LogP contribution in [0.1, 0.15) is 19.3 Å². The number of hydrogen-bond acceptors (Lipinski definition) is 4. The second kappa shape index (κ2) is 5.18. The van der Waals surface area contributed by atoms with Gasteiger partial charge in [0.2, 0.25) is 0 Å². The van der Waals surface area contributed by atoms with Gasteiger partial charge in [0.25, 0.3) is 5.69 Å². The summed E-state index contributed by atoms with van der Waals surface area (Å²) < 4.78 is 13.4. The van der Waals surface area contributed by atoms with Gasteiger partial charge >= 0.3 is 0 Å². The van der Waals surface area contributed by atoms with Crippen molar-refractivity contribution in [2.75, 3.05) is 18.4 Å². The molecule has 0 radical (unpaired) electrons. The van der Waals surface area contributed by atoms with Crippen LogP contribution >= 0.6 is 11.6 Å². The van der Waals surface area contributed by atoms with Gasteiger partial charge in [-0.2, -0.15) is 0 Å². The summed E-state index contributed by atoms with van der Waals surface area (Å²) in [5.41, 5.74) is 0.0449. The average molecular weight is 300 g/mol. The number of nitro groups is 1. The Balaban J connectivity index is 1.86. The Morgan fingerprint density at radius 3 is 2.95 bits per heavy atom. The molecule has 2 saturated heterocycles. The molecule has 3 rings (SSSR count). The normalized spacial score (nSPS) is 25.7. The van der Waals surface area contributed by atoms with Gasteiger partial charge in [0.05, 0.1) is 16.0 Å². The van der Waals surface area contributed by atoms with Crippen molar-refractivity contribution in [3.05, 3.63) is 33.1 Å². The number of nitro benzene ring substituents is 1. The molecule has 1 aromatic rings. The second-order valence-corrected chi connectivity index (χ2v) is 5.73. The van der Waals surface area contributed by atoms with Crippen LogP contribution in [0.4, 0.5) is 15.8 Å². The molecule has 2 unspecified atom stereocenters. The van der Waals surface area contributed by atoms with Gasteiger partial charge in [-0.1, -0.05) is 11.6 Å². The van der Waals surface area contributed by atoms with Crippen molar-refractivity contribution in [3.63, 3.8) is 0 Å². The number of halogens is 2. The third-order valence-corrected chi connectivity index (χ3v) is 4.47. The van der Waals surface area contributed by atoms with Crippen molar-refractivity contribution in [1.82, 2.24) is 4.90 Å². The molecule has 0 saturated carbocycles. The van der Waals surface area contributed by atoms with E-state index in [4.69, 9.17) is 11.6 Å². The highest BCUT2D eigenvalue weighted by Crippen LogP contribution is 2.35. The number of rotatable bonds is 3. The minimum atomic E-state index is -0.766. The maximum Gasteiger partial charge on any atom is 0.295 e. The molecule has 0 bridgehead atoms. The molecule has 2 fully saturated rings. The molecule has 1 aromatic carbocycles. The SMILES string of the molecule is O=[N+]([O-])c1cc(F)c(Cl)cc1NC1CCN2CCCC12. The first-order valence-corrected chi connectivity index (χ1v) is 7.08. The fraction of sp³-hybridized carbons (Fsp3) is 0.538. The first kappa shape index (κ1) is 13.6. The summed E-state index contributed by atoms with van der Waals surface area (Å²) in [7, 11) is 0. The lowest BCUT2D eigenvalue weighted by atomic mass is 10.1. The van der Waals surface area contributed by atoms with Gasteiger partial charge in [-0.3, -0.25) is 15.0 Å². The molecular weight excluding hydrogens is 285 g/mol. The molecule has 20 heavy (non-hydrogen) atoms. The molecule has 2 atom stereocenters. The fourth-order valence-corrected chi connectivity index (χ4v) is 3.42. The van der Waals surface area contributed by atoms with Crippen LogP contribution in [0.2, 0.25) is 5.02 Å². The Bertz CT molecular complexity index is 555. The molecule has 108 valence electrons. The summed E-state index contributed by atoms with van der Waals surface area (Å²) in [6.45, 7) is 2.10. The summed E-state index contributed by atoms with van der Waals surface area (Å²) in [5.74, 6) is -0.766. The number of anilines is 1. The van der Waals surface area contributed by atoms with Gasteiger partial charge in [-0.25, -0.2) is 4.39 Å². The number of benzene rings is 1. The van der Waals surface area contributed by atoms with Crippen molar-refractivity contribution in [1.29, 1.82) is 0 Å². The standard InChI is InChI=1S/C13H15ClFN3O2/c14-8-6-11(13(18(19)20)7-9(8)15)16-10-3-5-17-4-1-2-12(10)17/h6-7,10,12,16H,1-5H2. The van der Waals surface area contributed by atoms with Crippen LogP contribution in [0, 0.1) is 15.9 Å². The van der Waals surface area contributed by atoms with E-state index in [2.05, 4.69) is 10.2 Å². The molecule has 2 aliphatic rings. The summed E-state index contributed by atoms with van der Waals surface area (Å²) in [5, 5.41) is 14.1. The van der Waals surface area contributed by atoms with E-state index in [0.29, 0.717) is 11.7 Å². The molecule has 1 N–H and O–H groups in total. The molecule has 5 nitrogen and oxygen atoms in total. The van der Waals surface area contributed by atoms with E-state index in [9.17, 15) is 14.5 Å². The Morgan fingerprint density at radius 2 is 2.20 bits per heavy atom. The largest absolute Gasteiger partial charge is 0.375 e. The van der Waals surface area contributed by atoms with E-state index >= 15 is 0 Å². The molecule has 0 spiro atoms. The summed E-state index contributed by atoms with van der Waals surface area (Å²) in [4.78, 5) is 12.8. The lowest BCUT2D eigenvalue weighted by Gasteiger charge is -2.22. The number of fused-ring (bicyclic) bond motifs is 1. The summed E-state index contributed by atoms with van der Waals surface area (Å²) in [6, 6.07) is 2.77. The first-order chi connectivity index (χ1) is 9.56. The Kier molecular flexibility index (Phi) is 3.52. The van der Waals surface area contributed by atoms with Crippen molar-refractivity contribution >= 4 is 23.0 Å². The van der Waals surface area contributed by atoms with Crippen LogP contribution in [0.25, 0.3) is 0 Å². The Morgan fingerprint density at radius 1 is 1.40 bits per heavy atom. The van der Waals surface area contributed by atoms with E-state index in [1.54, 1.807) is 0 Å². The molecule has 2 heterocycles. The predicted octanol–water partition coefficient (Wildman–Crippen LogP) is 3.04. The zero-order chi connectivity index (χ0) is 14.3. The summed E-state index contributed by atoms with van der Waals surface area (Å²) in [6.07, 6.45) is 3.20. The van der Waals surface area contributed by atoms with Crippen molar-refractivity contribution in [2.45, 2.75) is 31.3 Å². The van der Waals surface area contributed by atoms with Crippen molar-refractivity contribution < 1.29 is 9.31 Å². The Labute approximate surface area is 120 Å². The van der Waals surface area contributed by atoms with E-state index in [1.807, 2.05) is 0 Å². The van der Waals surface area contributed by atoms with Crippen molar-refractivity contribution in [3.8, 4) is 0 Å². The van der Waals surface area contributed by atoms with Gasteiger partial charge < -0.3 is 5.32 Å². The third-order valence-electron chi connectivity index (χ3n) is 4.18. The van der Waals surface area contributed by atoms with E-state index < -0.39 is 10.7 Å². The van der Waals surface area contributed by atoms with E-state index in [1.165, 1.54) is 6.07 Å². The number of nitrogens with zero attached hydrogens (tertiary/aromatic N) is 2. The lowest BCUT2D eigenvalue weighted by Crippen LogP contribution is -2.33. The zero-order valence-electron chi connectivity index (χ0n) is 10.8. The second-order valence-electron chi connectivity index (χ2n) is 5.33.